The monoisotopic (exact) mass is 258 g/mol. The molecule has 0 saturated carbocycles. The Morgan fingerprint density at radius 2 is 1.79 bits per heavy atom. The van der Waals surface area contributed by atoms with Gasteiger partial charge in [0.2, 0.25) is 0 Å². The third kappa shape index (κ3) is 8.55. The van der Waals surface area contributed by atoms with Gasteiger partial charge in [-0.1, -0.05) is 53.1 Å². The van der Waals surface area contributed by atoms with Crippen LogP contribution in [0, 0.1) is 5.92 Å². The average molecular weight is 259 g/mol. The number of hydrogen-bond donors (Lipinski definition) is 0. The van der Waals surface area contributed by atoms with Crippen molar-refractivity contribution in [1.82, 2.24) is 0 Å². The van der Waals surface area contributed by atoms with Gasteiger partial charge in [0.1, 0.15) is 0 Å². The van der Waals surface area contributed by atoms with Gasteiger partial charge in [-0.25, -0.2) is 0 Å². The minimum absolute atomic E-state index is 0.783. The number of hydrogen-bond acceptors (Lipinski definition) is 0. The molecule has 0 nitrogen and oxygen atoms in total. The lowest BCUT2D eigenvalue weighted by Crippen LogP contribution is -1.88. The second kappa shape index (κ2) is 8.28. The Hall–Kier alpha value is -0.0400. The number of allylic oxidation sites excluding steroid dienone is 4. The zero-order chi connectivity index (χ0) is 11.0. The maximum absolute atomic E-state index is 3.41. The molecule has 0 rings (SSSR count). The Balaban J connectivity index is 3.75. The molecule has 14 heavy (non-hydrogen) atoms. The van der Waals surface area contributed by atoms with E-state index >= 15 is 0 Å². The Labute approximate surface area is 97.6 Å². The third-order valence-electron chi connectivity index (χ3n) is 2.19. The van der Waals surface area contributed by atoms with Gasteiger partial charge in [0.25, 0.3) is 0 Å². The van der Waals surface area contributed by atoms with E-state index in [2.05, 4.69) is 55.8 Å². The highest BCUT2D eigenvalue weighted by atomic mass is 79.9. The van der Waals surface area contributed by atoms with Gasteiger partial charge in [0, 0.05) is 5.33 Å². The molecular weight excluding hydrogens is 236 g/mol. The first-order valence-corrected chi connectivity index (χ1v) is 6.55. The standard InChI is InChI=1S/C13H23Br/c1-11(2)10-13(4)7-5-6-12(3)8-9-14/h7-8,11H,5-6,9-10H2,1-4H3/b12-8+,13-7+. The van der Waals surface area contributed by atoms with Crippen LogP contribution in [0.5, 0.6) is 0 Å². The topological polar surface area (TPSA) is 0 Å². The highest BCUT2D eigenvalue weighted by Crippen LogP contribution is 2.12. The van der Waals surface area contributed by atoms with E-state index in [-0.39, 0.29) is 0 Å². The van der Waals surface area contributed by atoms with Crippen molar-refractivity contribution in [2.75, 3.05) is 5.33 Å². The summed E-state index contributed by atoms with van der Waals surface area (Å²) in [6, 6.07) is 0. The molecule has 0 aromatic heterocycles. The first-order valence-electron chi connectivity index (χ1n) is 5.43. The minimum Gasteiger partial charge on any atom is -0.0883 e. The van der Waals surface area contributed by atoms with Gasteiger partial charge in [0.05, 0.1) is 0 Å². The molecule has 0 radical (unpaired) electrons. The maximum atomic E-state index is 3.41. The van der Waals surface area contributed by atoms with Crippen molar-refractivity contribution >= 4 is 15.9 Å². The van der Waals surface area contributed by atoms with E-state index in [9.17, 15) is 0 Å². The summed E-state index contributed by atoms with van der Waals surface area (Å²) in [5.74, 6) is 0.783. The zero-order valence-corrected chi connectivity index (χ0v) is 11.5. The van der Waals surface area contributed by atoms with Gasteiger partial charge in [-0.2, -0.15) is 0 Å². The molecule has 82 valence electrons. The van der Waals surface area contributed by atoms with E-state index in [4.69, 9.17) is 0 Å². The fourth-order valence-electron chi connectivity index (χ4n) is 1.51. The predicted octanol–water partition coefficient (Wildman–Crippen LogP) is 5.10. The van der Waals surface area contributed by atoms with Crippen LogP contribution < -0.4 is 0 Å². The summed E-state index contributed by atoms with van der Waals surface area (Å²) in [7, 11) is 0. The van der Waals surface area contributed by atoms with Gasteiger partial charge in [-0.15, -0.1) is 0 Å². The van der Waals surface area contributed by atoms with Crippen LogP contribution in [0.1, 0.15) is 47.0 Å². The first-order chi connectivity index (χ1) is 6.56. The maximum Gasteiger partial charge on any atom is 0.0214 e. The lowest BCUT2D eigenvalue weighted by molar-refractivity contribution is 0.640. The van der Waals surface area contributed by atoms with Crippen molar-refractivity contribution in [1.29, 1.82) is 0 Å². The van der Waals surface area contributed by atoms with Crippen LogP contribution in [0.15, 0.2) is 23.3 Å². The Morgan fingerprint density at radius 1 is 1.14 bits per heavy atom. The van der Waals surface area contributed by atoms with Crippen LogP contribution in [0.3, 0.4) is 0 Å². The summed E-state index contributed by atoms with van der Waals surface area (Å²) in [4.78, 5) is 0. The summed E-state index contributed by atoms with van der Waals surface area (Å²) in [5.41, 5.74) is 3.02. The molecule has 0 aliphatic heterocycles. The van der Waals surface area contributed by atoms with Gasteiger partial charge < -0.3 is 0 Å². The van der Waals surface area contributed by atoms with Crippen molar-refractivity contribution in [3.63, 3.8) is 0 Å². The van der Waals surface area contributed by atoms with Crippen molar-refractivity contribution in [3.05, 3.63) is 23.3 Å². The summed E-state index contributed by atoms with van der Waals surface area (Å²) in [6.07, 6.45) is 8.24. The van der Waals surface area contributed by atoms with Gasteiger partial charge in [0.15, 0.2) is 0 Å². The molecule has 0 aliphatic rings. The number of halogens is 1. The number of rotatable bonds is 6. The van der Waals surface area contributed by atoms with E-state index < -0.39 is 0 Å². The van der Waals surface area contributed by atoms with Gasteiger partial charge >= 0.3 is 0 Å². The average Bonchev–Trinajstić information content (AvgIpc) is 2.02. The van der Waals surface area contributed by atoms with Crippen molar-refractivity contribution in [3.8, 4) is 0 Å². The molecular formula is C13H23Br. The Morgan fingerprint density at radius 3 is 2.29 bits per heavy atom. The van der Waals surface area contributed by atoms with Gasteiger partial charge in [-0.3, -0.25) is 0 Å². The SMILES string of the molecule is C/C(=C\CBr)CC/C=C(\C)CC(C)C. The lowest BCUT2D eigenvalue weighted by atomic mass is 10.0. The van der Waals surface area contributed by atoms with Crippen LogP contribution in [0.25, 0.3) is 0 Å². The van der Waals surface area contributed by atoms with E-state index in [1.54, 1.807) is 0 Å². The molecule has 0 unspecified atom stereocenters. The molecule has 0 bridgehead atoms. The smallest absolute Gasteiger partial charge is 0.0214 e. The zero-order valence-electron chi connectivity index (χ0n) is 9.94. The molecule has 0 atom stereocenters. The minimum atomic E-state index is 0.783. The van der Waals surface area contributed by atoms with Crippen LogP contribution in [0.2, 0.25) is 0 Å². The molecule has 0 heterocycles. The molecule has 0 aliphatic carbocycles. The van der Waals surface area contributed by atoms with Gasteiger partial charge in [-0.05, 0) is 39.0 Å². The van der Waals surface area contributed by atoms with Crippen molar-refractivity contribution < 1.29 is 0 Å². The lowest BCUT2D eigenvalue weighted by Gasteiger charge is -2.04. The van der Waals surface area contributed by atoms with Crippen LogP contribution in [-0.2, 0) is 0 Å². The summed E-state index contributed by atoms with van der Waals surface area (Å²) in [5, 5.41) is 0.980. The quantitative estimate of drug-likeness (QED) is 0.460. The van der Waals surface area contributed by atoms with Crippen molar-refractivity contribution in [2.45, 2.75) is 47.0 Å². The van der Waals surface area contributed by atoms with Crippen LogP contribution >= 0.6 is 15.9 Å². The summed E-state index contributed by atoms with van der Waals surface area (Å²) < 4.78 is 0. The molecule has 0 aromatic rings. The first kappa shape index (κ1) is 14.0. The summed E-state index contributed by atoms with van der Waals surface area (Å²) in [6.45, 7) is 8.98. The largest absolute Gasteiger partial charge is 0.0883 e. The molecule has 0 saturated heterocycles. The second-order valence-electron chi connectivity index (χ2n) is 4.39. The molecule has 0 spiro atoms. The fraction of sp³-hybridized carbons (Fsp3) is 0.692. The molecule has 0 aromatic carbocycles. The fourth-order valence-corrected chi connectivity index (χ4v) is 2.06. The third-order valence-corrected chi connectivity index (χ3v) is 2.51. The van der Waals surface area contributed by atoms with E-state index in [1.165, 1.54) is 30.4 Å². The van der Waals surface area contributed by atoms with Crippen molar-refractivity contribution in [2.24, 2.45) is 5.92 Å². The highest BCUT2D eigenvalue weighted by Gasteiger charge is 1.95. The Kier molecular flexibility index (Phi) is 8.26. The molecule has 0 fully saturated rings. The predicted molar refractivity (Wildman–Crippen MR) is 70.0 cm³/mol. The molecule has 1 heteroatoms. The molecule has 0 amide bonds. The van der Waals surface area contributed by atoms with Crippen LogP contribution in [-0.4, -0.2) is 5.33 Å². The van der Waals surface area contributed by atoms with E-state index in [0.29, 0.717) is 0 Å². The second-order valence-corrected chi connectivity index (χ2v) is 5.04. The number of alkyl halides is 1. The molecule has 0 N–H and O–H groups in total. The Bertz CT molecular complexity index is 199. The normalized spacial score (nSPS) is 13.9. The summed E-state index contributed by atoms with van der Waals surface area (Å²) >= 11 is 3.41. The highest BCUT2D eigenvalue weighted by molar-refractivity contribution is 9.09. The van der Waals surface area contributed by atoms with E-state index in [1.807, 2.05) is 0 Å². The van der Waals surface area contributed by atoms with E-state index in [0.717, 1.165) is 11.2 Å². The van der Waals surface area contributed by atoms with Crippen LogP contribution in [0.4, 0.5) is 0 Å².